The Morgan fingerprint density at radius 1 is 1.13 bits per heavy atom. The first-order valence-corrected chi connectivity index (χ1v) is 11.8. The van der Waals surface area contributed by atoms with Gasteiger partial charge in [0.05, 0.1) is 25.1 Å². The van der Waals surface area contributed by atoms with E-state index in [9.17, 15) is 0 Å². The summed E-state index contributed by atoms with van der Waals surface area (Å²) in [5.74, 6) is 1.86. The number of hydrogen-bond acceptors (Lipinski definition) is 7. The molecule has 2 aromatic heterocycles. The second-order valence-electron chi connectivity index (χ2n) is 8.53. The van der Waals surface area contributed by atoms with E-state index < -0.39 is 0 Å². The third kappa shape index (κ3) is 5.41. The highest BCUT2D eigenvalue weighted by atomic mass is 32.1. The number of benzene rings is 1. The summed E-state index contributed by atoms with van der Waals surface area (Å²) in [5, 5.41) is 4.86. The predicted octanol–water partition coefficient (Wildman–Crippen LogP) is 3.73. The van der Waals surface area contributed by atoms with Crippen LogP contribution in [0.15, 0.2) is 30.3 Å². The van der Waals surface area contributed by atoms with E-state index in [2.05, 4.69) is 73.4 Å². The Morgan fingerprint density at radius 3 is 2.58 bits per heavy atom. The van der Waals surface area contributed by atoms with Crippen molar-refractivity contribution in [2.24, 2.45) is 0 Å². The average Bonchev–Trinajstić information content (AvgIpc) is 3.05. The molecule has 0 radical (unpaired) electrons. The molecule has 1 saturated heterocycles. The molecule has 7 heteroatoms. The highest BCUT2D eigenvalue weighted by Gasteiger charge is 2.19. The third-order valence-corrected chi connectivity index (χ3v) is 7.19. The topological polar surface area (TPSA) is 53.5 Å². The van der Waals surface area contributed by atoms with Gasteiger partial charge in [-0.05, 0) is 45.5 Å². The van der Waals surface area contributed by atoms with Gasteiger partial charge in [-0.15, -0.1) is 11.3 Å². The molecule has 0 spiro atoms. The van der Waals surface area contributed by atoms with Crippen molar-refractivity contribution in [3.63, 3.8) is 0 Å². The van der Waals surface area contributed by atoms with Crippen molar-refractivity contribution < 1.29 is 4.74 Å². The molecule has 1 aromatic carbocycles. The smallest absolute Gasteiger partial charge is 0.146 e. The number of aryl methyl sites for hydroxylation is 2. The molecule has 1 N–H and O–H groups in total. The maximum absolute atomic E-state index is 5.49. The average molecular weight is 440 g/mol. The second kappa shape index (κ2) is 10.0. The van der Waals surface area contributed by atoms with Crippen LogP contribution in [0.25, 0.3) is 10.2 Å². The summed E-state index contributed by atoms with van der Waals surface area (Å²) in [5.41, 5.74) is 2.64. The summed E-state index contributed by atoms with van der Waals surface area (Å²) >= 11 is 1.77. The summed E-state index contributed by atoms with van der Waals surface area (Å²) < 4.78 is 5.49. The van der Waals surface area contributed by atoms with E-state index in [1.165, 1.54) is 21.4 Å². The van der Waals surface area contributed by atoms with Gasteiger partial charge in [-0.1, -0.05) is 30.3 Å². The van der Waals surface area contributed by atoms with Gasteiger partial charge in [0.15, 0.2) is 0 Å². The predicted molar refractivity (Wildman–Crippen MR) is 129 cm³/mol. The SMILES string of the molecule is Cc1sc2nc(CN3CCOCC3)nc(NCC(Cc3ccccc3)N(C)C)c2c1C. The van der Waals surface area contributed by atoms with Gasteiger partial charge in [0, 0.05) is 30.6 Å². The molecule has 166 valence electrons. The van der Waals surface area contributed by atoms with Crippen molar-refractivity contribution in [2.75, 3.05) is 52.3 Å². The standard InChI is InChI=1S/C24H33N5OS/c1-17-18(2)31-24-22(17)23(26-21(27-24)16-29-10-12-30-13-11-29)25-15-20(28(3)4)14-19-8-6-5-7-9-19/h5-9,20H,10-16H2,1-4H3,(H,25,26,27). The molecule has 1 unspecified atom stereocenters. The summed E-state index contributed by atoms with van der Waals surface area (Å²) in [6, 6.07) is 11.1. The van der Waals surface area contributed by atoms with E-state index in [-0.39, 0.29) is 0 Å². The van der Waals surface area contributed by atoms with Crippen LogP contribution in [0.4, 0.5) is 5.82 Å². The number of nitrogens with zero attached hydrogens (tertiary/aromatic N) is 4. The number of likely N-dealkylation sites (N-methyl/N-ethyl adjacent to an activating group) is 1. The van der Waals surface area contributed by atoms with Gasteiger partial charge < -0.3 is 15.0 Å². The summed E-state index contributed by atoms with van der Waals surface area (Å²) in [7, 11) is 4.30. The maximum atomic E-state index is 5.49. The number of thiophene rings is 1. The minimum absolute atomic E-state index is 0.371. The molecule has 0 amide bonds. The Hall–Kier alpha value is -2.06. The molecule has 1 fully saturated rings. The van der Waals surface area contributed by atoms with Gasteiger partial charge in [-0.3, -0.25) is 4.90 Å². The summed E-state index contributed by atoms with van der Waals surface area (Å²) in [6.07, 6.45) is 0.997. The molecule has 4 rings (SSSR count). The molecule has 0 saturated carbocycles. The zero-order valence-electron chi connectivity index (χ0n) is 19.0. The second-order valence-corrected chi connectivity index (χ2v) is 9.73. The molecule has 1 aliphatic heterocycles. The van der Waals surface area contributed by atoms with Crippen LogP contribution in [-0.4, -0.2) is 72.8 Å². The zero-order chi connectivity index (χ0) is 21.8. The molecule has 0 aliphatic carbocycles. The summed E-state index contributed by atoms with van der Waals surface area (Å²) in [4.78, 5) is 17.0. The van der Waals surface area contributed by atoms with Crippen LogP contribution < -0.4 is 5.32 Å². The van der Waals surface area contributed by atoms with Crippen molar-refractivity contribution in [2.45, 2.75) is 32.9 Å². The molecule has 31 heavy (non-hydrogen) atoms. The lowest BCUT2D eigenvalue weighted by atomic mass is 10.1. The van der Waals surface area contributed by atoms with Gasteiger partial charge in [0.25, 0.3) is 0 Å². The first kappa shape index (κ1) is 22.1. The molecular formula is C24H33N5OS. The lowest BCUT2D eigenvalue weighted by Gasteiger charge is -2.26. The van der Waals surface area contributed by atoms with Crippen molar-refractivity contribution in [3.8, 4) is 0 Å². The van der Waals surface area contributed by atoms with Crippen LogP contribution in [0, 0.1) is 13.8 Å². The van der Waals surface area contributed by atoms with Crippen LogP contribution in [0.3, 0.4) is 0 Å². The zero-order valence-corrected chi connectivity index (χ0v) is 19.8. The van der Waals surface area contributed by atoms with Gasteiger partial charge in [-0.2, -0.15) is 0 Å². The van der Waals surface area contributed by atoms with Gasteiger partial charge in [-0.25, -0.2) is 9.97 Å². The largest absolute Gasteiger partial charge is 0.379 e. The van der Waals surface area contributed by atoms with Gasteiger partial charge in [0.1, 0.15) is 16.5 Å². The fourth-order valence-electron chi connectivity index (χ4n) is 3.99. The van der Waals surface area contributed by atoms with Gasteiger partial charge >= 0.3 is 0 Å². The van der Waals surface area contributed by atoms with Crippen LogP contribution in [-0.2, 0) is 17.7 Å². The molecule has 3 heterocycles. The molecule has 3 aromatic rings. The minimum atomic E-state index is 0.371. The first-order chi connectivity index (χ1) is 15.0. The van der Waals surface area contributed by atoms with Crippen molar-refractivity contribution in [1.82, 2.24) is 19.8 Å². The Kier molecular flexibility index (Phi) is 7.17. The minimum Gasteiger partial charge on any atom is -0.379 e. The fourth-order valence-corrected chi connectivity index (χ4v) is 5.04. The molecular weight excluding hydrogens is 406 g/mol. The highest BCUT2D eigenvalue weighted by Crippen LogP contribution is 2.33. The van der Waals surface area contributed by atoms with Crippen LogP contribution in [0.5, 0.6) is 0 Å². The number of nitrogens with one attached hydrogen (secondary N) is 1. The number of rotatable bonds is 8. The third-order valence-electron chi connectivity index (χ3n) is 6.09. The highest BCUT2D eigenvalue weighted by molar-refractivity contribution is 7.18. The van der Waals surface area contributed by atoms with Crippen molar-refractivity contribution in [3.05, 3.63) is 52.2 Å². The van der Waals surface area contributed by atoms with Crippen molar-refractivity contribution in [1.29, 1.82) is 0 Å². The molecule has 0 bridgehead atoms. The van der Waals surface area contributed by atoms with E-state index in [0.29, 0.717) is 6.04 Å². The van der Waals surface area contributed by atoms with E-state index in [1.807, 2.05) is 0 Å². The van der Waals surface area contributed by atoms with E-state index in [1.54, 1.807) is 11.3 Å². The quantitative estimate of drug-likeness (QED) is 0.577. The Balaban J connectivity index is 1.56. The number of anilines is 1. The Morgan fingerprint density at radius 2 is 1.87 bits per heavy atom. The molecule has 1 aliphatic rings. The lowest BCUT2D eigenvalue weighted by Crippen LogP contribution is -2.37. The summed E-state index contributed by atoms with van der Waals surface area (Å²) in [6.45, 7) is 9.40. The monoisotopic (exact) mass is 439 g/mol. The molecule has 6 nitrogen and oxygen atoms in total. The van der Waals surface area contributed by atoms with Crippen LogP contribution >= 0.6 is 11.3 Å². The number of aromatic nitrogens is 2. The first-order valence-electron chi connectivity index (χ1n) is 11.0. The number of ether oxygens (including phenoxy) is 1. The van der Waals surface area contributed by atoms with Gasteiger partial charge in [0.2, 0.25) is 0 Å². The number of fused-ring (bicyclic) bond motifs is 1. The van der Waals surface area contributed by atoms with Crippen LogP contribution in [0.2, 0.25) is 0 Å². The van der Waals surface area contributed by atoms with Crippen molar-refractivity contribution >= 4 is 27.4 Å². The fraction of sp³-hybridized carbons (Fsp3) is 0.500. The Labute approximate surface area is 189 Å². The van der Waals surface area contributed by atoms with Crippen LogP contribution in [0.1, 0.15) is 21.8 Å². The van der Waals surface area contributed by atoms with E-state index >= 15 is 0 Å². The molecule has 1 atom stereocenters. The lowest BCUT2D eigenvalue weighted by molar-refractivity contribution is 0.0331. The van der Waals surface area contributed by atoms with E-state index in [4.69, 9.17) is 14.7 Å². The maximum Gasteiger partial charge on any atom is 0.146 e. The Bertz CT molecular complexity index is 998. The normalized spacial score (nSPS) is 16.2. The number of hydrogen-bond donors (Lipinski definition) is 1. The van der Waals surface area contributed by atoms with E-state index in [0.717, 1.165) is 62.3 Å². The number of morpholine rings is 1.